The molecule has 0 unspecified atom stereocenters. The smallest absolute Gasteiger partial charge is 0.440 e. The van der Waals surface area contributed by atoms with Gasteiger partial charge in [0.05, 0.1) is 6.42 Å². The molecule has 0 aliphatic rings. The minimum absolute atomic E-state index is 0.151. The average Bonchev–Trinajstić information content (AvgIpc) is 2.07. The molecule has 0 fully saturated rings. The van der Waals surface area contributed by atoms with Gasteiger partial charge in [-0.2, -0.15) is 0 Å². The fourth-order valence-electron chi connectivity index (χ4n) is 0.745. The minimum Gasteiger partial charge on any atom is -0.443 e. The summed E-state index contributed by atoms with van der Waals surface area (Å²) >= 11 is 16.0. The summed E-state index contributed by atoms with van der Waals surface area (Å²) in [7, 11) is 0. The lowest BCUT2D eigenvalue weighted by molar-refractivity contribution is -0.151. The molecule has 17 heavy (non-hydrogen) atoms. The summed E-state index contributed by atoms with van der Waals surface area (Å²) < 4.78 is 2.76. The van der Waals surface area contributed by atoms with Gasteiger partial charge < -0.3 is 9.57 Å². The van der Waals surface area contributed by atoms with Crippen molar-refractivity contribution in [3.8, 4) is 0 Å². The Balaban J connectivity index is 3.82. The molecular formula is C9H14Cl3NO4. The third-order valence-corrected chi connectivity index (χ3v) is 1.62. The number of carbonyl (C=O) groups is 2. The van der Waals surface area contributed by atoms with Crippen LogP contribution in [0.3, 0.4) is 0 Å². The Morgan fingerprint density at radius 2 is 1.71 bits per heavy atom. The predicted octanol–water partition coefficient (Wildman–Crippen LogP) is 2.98. The number of rotatable bonds is 2. The summed E-state index contributed by atoms with van der Waals surface area (Å²) in [6, 6.07) is 0. The lowest BCUT2D eigenvalue weighted by Crippen LogP contribution is -2.31. The van der Waals surface area contributed by atoms with Crippen LogP contribution in [0.4, 0.5) is 4.79 Å². The Morgan fingerprint density at radius 3 is 2.12 bits per heavy atom. The molecule has 0 saturated carbocycles. The van der Waals surface area contributed by atoms with Crippen LogP contribution < -0.4 is 5.48 Å². The molecule has 0 rings (SSSR count). The van der Waals surface area contributed by atoms with E-state index in [2.05, 4.69) is 9.57 Å². The van der Waals surface area contributed by atoms with Crippen molar-refractivity contribution in [2.24, 2.45) is 5.41 Å². The van der Waals surface area contributed by atoms with E-state index < -0.39 is 22.5 Å². The van der Waals surface area contributed by atoms with Gasteiger partial charge in [-0.15, -0.1) is 5.48 Å². The van der Waals surface area contributed by atoms with Crippen LogP contribution in [0.15, 0.2) is 0 Å². The quantitative estimate of drug-likeness (QED) is 0.629. The first-order chi connectivity index (χ1) is 7.49. The maximum absolute atomic E-state index is 11.2. The third kappa shape index (κ3) is 11.9. The van der Waals surface area contributed by atoms with Gasteiger partial charge in [0.2, 0.25) is 3.79 Å². The molecule has 0 saturated heterocycles. The van der Waals surface area contributed by atoms with Crippen molar-refractivity contribution in [2.75, 3.05) is 6.61 Å². The van der Waals surface area contributed by atoms with E-state index in [1.165, 1.54) is 0 Å². The number of carbonyl (C=O) groups excluding carboxylic acids is 2. The SMILES string of the molecule is CC(C)(C)CC(=O)ONC(=O)OCC(Cl)(Cl)Cl. The molecule has 0 bridgehead atoms. The van der Waals surface area contributed by atoms with Gasteiger partial charge in [-0.3, -0.25) is 0 Å². The summed E-state index contributed by atoms with van der Waals surface area (Å²) in [6.07, 6.45) is -0.851. The Bertz CT molecular complexity index is 283. The van der Waals surface area contributed by atoms with E-state index in [1.54, 1.807) is 5.48 Å². The summed E-state index contributed by atoms with van der Waals surface area (Å²) in [5, 5.41) is 0. The van der Waals surface area contributed by atoms with Crippen molar-refractivity contribution >= 4 is 46.9 Å². The third-order valence-electron chi connectivity index (χ3n) is 1.29. The highest BCUT2D eigenvalue weighted by Gasteiger charge is 2.23. The van der Waals surface area contributed by atoms with E-state index in [4.69, 9.17) is 34.8 Å². The second-order valence-corrected chi connectivity index (χ2v) is 7.02. The van der Waals surface area contributed by atoms with Gasteiger partial charge in [0.15, 0.2) is 0 Å². The van der Waals surface area contributed by atoms with Gasteiger partial charge in [-0.25, -0.2) is 9.59 Å². The van der Waals surface area contributed by atoms with Crippen molar-refractivity contribution in [1.29, 1.82) is 0 Å². The van der Waals surface area contributed by atoms with Gasteiger partial charge in [-0.1, -0.05) is 55.6 Å². The summed E-state index contributed by atoms with van der Waals surface area (Å²) in [6.45, 7) is 5.13. The van der Waals surface area contributed by atoms with E-state index in [0.29, 0.717) is 0 Å². The topological polar surface area (TPSA) is 64.6 Å². The standard InChI is InChI=1S/C9H14Cl3NO4/c1-8(2,3)4-6(14)17-13-7(15)16-5-9(10,11)12/h4-5H2,1-3H3,(H,13,15). The highest BCUT2D eigenvalue weighted by Crippen LogP contribution is 2.25. The fourth-order valence-corrected chi connectivity index (χ4v) is 0.908. The van der Waals surface area contributed by atoms with E-state index in [-0.39, 0.29) is 11.8 Å². The van der Waals surface area contributed by atoms with Crippen LogP contribution in [0, 0.1) is 5.41 Å². The van der Waals surface area contributed by atoms with E-state index in [0.717, 1.165) is 0 Å². The van der Waals surface area contributed by atoms with Crippen molar-refractivity contribution in [3.63, 3.8) is 0 Å². The number of hydrogen-bond acceptors (Lipinski definition) is 4. The summed E-state index contributed by atoms with van der Waals surface area (Å²) in [5.74, 6) is -0.580. The summed E-state index contributed by atoms with van der Waals surface area (Å²) in [5.41, 5.74) is 1.56. The summed E-state index contributed by atoms with van der Waals surface area (Å²) in [4.78, 5) is 26.6. The second-order valence-electron chi connectivity index (χ2n) is 4.50. The largest absolute Gasteiger partial charge is 0.443 e. The Labute approximate surface area is 115 Å². The molecule has 8 heteroatoms. The predicted molar refractivity (Wildman–Crippen MR) is 64.9 cm³/mol. The molecule has 5 nitrogen and oxygen atoms in total. The molecule has 0 radical (unpaired) electrons. The van der Waals surface area contributed by atoms with Gasteiger partial charge in [0.1, 0.15) is 6.61 Å². The Morgan fingerprint density at radius 1 is 1.18 bits per heavy atom. The highest BCUT2D eigenvalue weighted by molar-refractivity contribution is 6.67. The lowest BCUT2D eigenvalue weighted by Gasteiger charge is -2.16. The molecule has 1 N–H and O–H groups in total. The number of hydrogen-bond donors (Lipinski definition) is 1. The van der Waals surface area contributed by atoms with Gasteiger partial charge in [0, 0.05) is 0 Å². The molecular weight excluding hydrogens is 292 g/mol. The number of ether oxygens (including phenoxy) is 1. The zero-order valence-corrected chi connectivity index (χ0v) is 11.9. The van der Waals surface area contributed by atoms with E-state index >= 15 is 0 Å². The molecule has 1 amide bonds. The maximum Gasteiger partial charge on any atom is 0.440 e. The van der Waals surface area contributed by atoms with Gasteiger partial charge >= 0.3 is 12.1 Å². The van der Waals surface area contributed by atoms with Crippen molar-refractivity contribution in [1.82, 2.24) is 5.48 Å². The Hall–Kier alpha value is -0.390. The van der Waals surface area contributed by atoms with Crippen molar-refractivity contribution < 1.29 is 19.2 Å². The molecule has 100 valence electrons. The van der Waals surface area contributed by atoms with Crippen LogP contribution >= 0.6 is 34.8 Å². The maximum atomic E-state index is 11.2. The molecule has 0 heterocycles. The second kappa shape index (κ2) is 6.52. The molecule has 0 aromatic carbocycles. The fraction of sp³-hybridized carbons (Fsp3) is 0.778. The zero-order chi connectivity index (χ0) is 13.7. The first-order valence-corrected chi connectivity index (χ1v) is 5.82. The number of hydroxylamine groups is 1. The molecule has 0 aliphatic carbocycles. The number of halogens is 3. The van der Waals surface area contributed by atoms with Crippen LogP contribution in [-0.2, 0) is 14.4 Å². The molecule has 0 aromatic heterocycles. The highest BCUT2D eigenvalue weighted by atomic mass is 35.6. The minimum atomic E-state index is -1.70. The average molecular weight is 307 g/mol. The molecule has 0 atom stereocenters. The lowest BCUT2D eigenvalue weighted by atomic mass is 9.93. The monoisotopic (exact) mass is 305 g/mol. The first kappa shape index (κ1) is 16.6. The zero-order valence-electron chi connectivity index (χ0n) is 9.68. The molecule has 0 spiro atoms. The van der Waals surface area contributed by atoms with Crippen LogP contribution in [-0.4, -0.2) is 22.5 Å². The van der Waals surface area contributed by atoms with Crippen molar-refractivity contribution in [2.45, 2.75) is 31.0 Å². The number of nitrogens with one attached hydrogen (secondary N) is 1. The van der Waals surface area contributed by atoms with Gasteiger partial charge in [0.25, 0.3) is 0 Å². The van der Waals surface area contributed by atoms with Gasteiger partial charge in [-0.05, 0) is 5.41 Å². The van der Waals surface area contributed by atoms with E-state index in [1.807, 2.05) is 20.8 Å². The normalized spacial score (nSPS) is 11.9. The van der Waals surface area contributed by atoms with Crippen LogP contribution in [0.5, 0.6) is 0 Å². The van der Waals surface area contributed by atoms with Crippen molar-refractivity contribution in [3.05, 3.63) is 0 Å². The van der Waals surface area contributed by atoms with Crippen LogP contribution in [0.25, 0.3) is 0 Å². The molecule has 0 aromatic rings. The van der Waals surface area contributed by atoms with Crippen LogP contribution in [0.2, 0.25) is 0 Å². The molecule has 0 aliphatic heterocycles. The Kier molecular flexibility index (Phi) is 6.37. The number of amides is 1. The van der Waals surface area contributed by atoms with E-state index in [9.17, 15) is 9.59 Å². The first-order valence-electron chi connectivity index (χ1n) is 4.69. The number of alkyl halides is 3. The van der Waals surface area contributed by atoms with Crippen LogP contribution in [0.1, 0.15) is 27.2 Å².